The summed E-state index contributed by atoms with van der Waals surface area (Å²) in [5.74, 6) is 2.09. The maximum atomic E-state index is 12.3. The molecule has 0 aliphatic heterocycles. The van der Waals surface area contributed by atoms with E-state index in [2.05, 4.69) is 28.2 Å². The van der Waals surface area contributed by atoms with Crippen molar-refractivity contribution in [3.05, 3.63) is 0 Å². The van der Waals surface area contributed by atoms with Crippen molar-refractivity contribution in [1.82, 2.24) is 5.32 Å². The number of carbonyl (C=O) groups is 1. The minimum atomic E-state index is 0.342. The Labute approximate surface area is 119 Å². The van der Waals surface area contributed by atoms with Crippen molar-refractivity contribution in [3.8, 4) is 0 Å². The summed E-state index contributed by atoms with van der Waals surface area (Å²) < 4.78 is 0. The minimum absolute atomic E-state index is 0.342. The van der Waals surface area contributed by atoms with E-state index in [4.69, 9.17) is 0 Å². The summed E-state index contributed by atoms with van der Waals surface area (Å²) in [6.07, 6.45) is 10.0. The fourth-order valence-corrected chi connectivity index (χ4v) is 3.45. The molecule has 2 nitrogen and oxygen atoms in total. The number of nitrogens with one attached hydrogen (secondary N) is 1. The number of amides is 1. The van der Waals surface area contributed by atoms with Crippen LogP contribution in [0.15, 0.2) is 0 Å². The lowest BCUT2D eigenvalue weighted by Crippen LogP contribution is -2.44. The molecule has 2 rings (SSSR count). The van der Waals surface area contributed by atoms with Gasteiger partial charge in [0, 0.05) is 17.3 Å². The topological polar surface area (TPSA) is 29.1 Å². The van der Waals surface area contributed by atoms with Crippen molar-refractivity contribution in [2.45, 2.75) is 63.1 Å². The van der Waals surface area contributed by atoms with Crippen molar-refractivity contribution in [3.63, 3.8) is 0 Å². The standard InChI is InChI=1S/C15H26BrNO/c1-11(16)5-4-10-17-15(18)14(12-6-2-7-12)13-8-3-9-13/h11-14H,2-10H2,1H3,(H,17,18). The van der Waals surface area contributed by atoms with Crippen LogP contribution in [0.1, 0.15) is 58.3 Å². The van der Waals surface area contributed by atoms with Crippen LogP contribution < -0.4 is 5.32 Å². The number of hydrogen-bond acceptors (Lipinski definition) is 1. The molecule has 0 aromatic carbocycles. The molecule has 1 amide bonds. The molecule has 0 radical (unpaired) electrons. The Morgan fingerprint density at radius 2 is 1.78 bits per heavy atom. The summed E-state index contributed by atoms with van der Waals surface area (Å²) >= 11 is 3.54. The van der Waals surface area contributed by atoms with Gasteiger partial charge in [0.15, 0.2) is 0 Å². The van der Waals surface area contributed by atoms with Gasteiger partial charge in [-0.2, -0.15) is 0 Å². The highest BCUT2D eigenvalue weighted by Gasteiger charge is 2.40. The zero-order valence-electron chi connectivity index (χ0n) is 11.5. The smallest absolute Gasteiger partial charge is 0.223 e. The van der Waals surface area contributed by atoms with E-state index in [1.807, 2.05) is 0 Å². The molecular formula is C15H26BrNO. The Bertz CT molecular complexity index is 258. The average molecular weight is 316 g/mol. The molecule has 0 saturated heterocycles. The lowest BCUT2D eigenvalue weighted by atomic mass is 9.64. The molecule has 1 atom stereocenters. The first-order valence-electron chi connectivity index (χ1n) is 7.60. The second kappa shape index (κ2) is 6.93. The van der Waals surface area contributed by atoms with Crippen LogP contribution in [0.2, 0.25) is 0 Å². The molecule has 104 valence electrons. The van der Waals surface area contributed by atoms with Crippen LogP contribution >= 0.6 is 15.9 Å². The van der Waals surface area contributed by atoms with Crippen molar-refractivity contribution in [1.29, 1.82) is 0 Å². The predicted octanol–water partition coefficient (Wildman–Crippen LogP) is 3.88. The van der Waals surface area contributed by atoms with E-state index < -0.39 is 0 Å². The Kier molecular flexibility index (Phi) is 5.53. The van der Waals surface area contributed by atoms with Crippen LogP contribution in [0.25, 0.3) is 0 Å². The first-order chi connectivity index (χ1) is 8.68. The summed E-state index contributed by atoms with van der Waals surface area (Å²) in [6.45, 7) is 3.01. The molecule has 0 heterocycles. The van der Waals surface area contributed by atoms with Gasteiger partial charge in [-0.05, 0) is 50.4 Å². The molecule has 18 heavy (non-hydrogen) atoms. The van der Waals surface area contributed by atoms with E-state index in [1.165, 1.54) is 38.5 Å². The quantitative estimate of drug-likeness (QED) is 0.560. The van der Waals surface area contributed by atoms with Gasteiger partial charge in [-0.3, -0.25) is 4.79 Å². The lowest BCUT2D eigenvalue weighted by molar-refractivity contribution is -0.131. The lowest BCUT2D eigenvalue weighted by Gasteiger charge is -2.41. The molecule has 2 aliphatic rings. The summed E-state index contributed by atoms with van der Waals surface area (Å²) in [5.41, 5.74) is 0. The Morgan fingerprint density at radius 1 is 1.22 bits per heavy atom. The third kappa shape index (κ3) is 3.72. The molecule has 3 heteroatoms. The zero-order chi connectivity index (χ0) is 13.0. The van der Waals surface area contributed by atoms with Crippen LogP contribution in [0, 0.1) is 17.8 Å². The van der Waals surface area contributed by atoms with Gasteiger partial charge in [0.2, 0.25) is 5.91 Å². The monoisotopic (exact) mass is 315 g/mol. The molecule has 2 saturated carbocycles. The van der Waals surface area contributed by atoms with Gasteiger partial charge in [-0.1, -0.05) is 35.7 Å². The molecule has 0 spiro atoms. The van der Waals surface area contributed by atoms with E-state index in [0.717, 1.165) is 19.4 Å². The van der Waals surface area contributed by atoms with E-state index in [0.29, 0.717) is 28.5 Å². The van der Waals surface area contributed by atoms with E-state index in [-0.39, 0.29) is 0 Å². The average Bonchev–Trinajstić information content (AvgIpc) is 2.17. The highest BCUT2D eigenvalue weighted by molar-refractivity contribution is 9.09. The Balaban J connectivity index is 1.73. The van der Waals surface area contributed by atoms with Gasteiger partial charge in [0.05, 0.1) is 0 Å². The van der Waals surface area contributed by atoms with Gasteiger partial charge in [0.25, 0.3) is 0 Å². The number of carbonyl (C=O) groups excluding carboxylic acids is 1. The second-order valence-corrected chi connectivity index (χ2v) is 7.68. The Morgan fingerprint density at radius 3 is 2.17 bits per heavy atom. The fraction of sp³-hybridized carbons (Fsp3) is 0.933. The normalized spacial score (nSPS) is 22.4. The third-order valence-corrected chi connectivity index (χ3v) is 5.15. The molecule has 1 unspecified atom stereocenters. The highest BCUT2D eigenvalue weighted by atomic mass is 79.9. The van der Waals surface area contributed by atoms with Gasteiger partial charge in [-0.25, -0.2) is 0 Å². The van der Waals surface area contributed by atoms with Crippen LogP contribution in [0.3, 0.4) is 0 Å². The van der Waals surface area contributed by atoms with Gasteiger partial charge in [0.1, 0.15) is 0 Å². The van der Waals surface area contributed by atoms with Crippen LogP contribution in [-0.4, -0.2) is 17.3 Å². The molecule has 0 aromatic rings. The SMILES string of the molecule is CC(Br)CCCNC(=O)C(C1CCC1)C1CCC1. The molecule has 0 aromatic heterocycles. The van der Waals surface area contributed by atoms with Gasteiger partial charge >= 0.3 is 0 Å². The number of alkyl halides is 1. The number of halogens is 1. The van der Waals surface area contributed by atoms with Gasteiger partial charge < -0.3 is 5.32 Å². The largest absolute Gasteiger partial charge is 0.356 e. The van der Waals surface area contributed by atoms with Crippen LogP contribution in [0.4, 0.5) is 0 Å². The molecule has 0 bridgehead atoms. The zero-order valence-corrected chi connectivity index (χ0v) is 13.0. The van der Waals surface area contributed by atoms with E-state index in [1.54, 1.807) is 0 Å². The first kappa shape index (κ1) is 14.4. The summed E-state index contributed by atoms with van der Waals surface area (Å²) in [5, 5.41) is 3.18. The van der Waals surface area contributed by atoms with Gasteiger partial charge in [-0.15, -0.1) is 0 Å². The van der Waals surface area contributed by atoms with Crippen molar-refractivity contribution in [2.75, 3.05) is 6.54 Å². The number of rotatable bonds is 7. The van der Waals surface area contributed by atoms with Crippen molar-refractivity contribution >= 4 is 21.8 Å². The van der Waals surface area contributed by atoms with Crippen molar-refractivity contribution in [2.24, 2.45) is 17.8 Å². The Hall–Kier alpha value is -0.0500. The maximum absolute atomic E-state index is 12.3. The molecule has 2 aliphatic carbocycles. The van der Waals surface area contributed by atoms with Crippen LogP contribution in [-0.2, 0) is 4.79 Å². The summed E-state index contributed by atoms with van der Waals surface area (Å²) in [7, 11) is 0. The third-order valence-electron chi connectivity index (χ3n) is 4.70. The predicted molar refractivity (Wildman–Crippen MR) is 78.8 cm³/mol. The minimum Gasteiger partial charge on any atom is -0.356 e. The number of hydrogen-bond donors (Lipinski definition) is 1. The summed E-state index contributed by atoms with van der Waals surface area (Å²) in [4.78, 5) is 12.9. The van der Waals surface area contributed by atoms with Crippen molar-refractivity contribution < 1.29 is 4.79 Å². The summed E-state index contributed by atoms with van der Waals surface area (Å²) in [6, 6.07) is 0. The van der Waals surface area contributed by atoms with Crippen LogP contribution in [0.5, 0.6) is 0 Å². The fourth-order valence-electron chi connectivity index (χ4n) is 3.12. The van der Waals surface area contributed by atoms with E-state index >= 15 is 0 Å². The molecule has 1 N–H and O–H groups in total. The van der Waals surface area contributed by atoms with E-state index in [9.17, 15) is 4.79 Å². The maximum Gasteiger partial charge on any atom is 0.223 e. The molecular weight excluding hydrogens is 290 g/mol. The highest BCUT2D eigenvalue weighted by Crippen LogP contribution is 2.44. The second-order valence-electron chi connectivity index (χ2n) is 6.12. The first-order valence-corrected chi connectivity index (χ1v) is 8.52. The molecule has 2 fully saturated rings.